The molecule has 1 fully saturated rings. The summed E-state index contributed by atoms with van der Waals surface area (Å²) in [6.45, 7) is 17.0. The largest absolute Gasteiger partial charge is 0.507 e. The first-order valence-corrected chi connectivity index (χ1v) is 24.8. The summed E-state index contributed by atoms with van der Waals surface area (Å²) in [5.41, 5.74) is -0.0653. The highest BCUT2D eigenvalue weighted by molar-refractivity contribution is 6.19. The van der Waals surface area contributed by atoms with Gasteiger partial charge in [0.25, 0.3) is 11.7 Å². The fraction of sp³-hybridized carbons (Fsp3) is 0.421. The van der Waals surface area contributed by atoms with Crippen LogP contribution in [0.2, 0.25) is 0 Å². The number of Topliss-reactive ketones (excluding diaryl/α,β-unsaturated/α-hetero) is 1. The summed E-state index contributed by atoms with van der Waals surface area (Å²) in [6.07, 6.45) is 5.54. The third-order valence-electron chi connectivity index (χ3n) is 15.3. The van der Waals surface area contributed by atoms with Gasteiger partial charge in [0.15, 0.2) is 11.4 Å². The number of halogens is 2. The Hall–Kier alpha value is -6.79. The molecule has 1 spiro atoms. The van der Waals surface area contributed by atoms with Crippen LogP contribution in [-0.4, -0.2) is 92.5 Å². The molecule has 0 aromatic heterocycles. The Bertz CT molecular complexity index is 3050. The summed E-state index contributed by atoms with van der Waals surface area (Å²) in [4.78, 5) is 54.8. The molecule has 0 aliphatic carbocycles. The zero-order valence-electron chi connectivity index (χ0n) is 42.9. The van der Waals surface area contributed by atoms with Crippen LogP contribution in [0.3, 0.4) is 0 Å². The minimum atomic E-state index is -2.09. The number of aliphatic hydroxyl groups is 2. The van der Waals surface area contributed by atoms with Crippen LogP contribution in [0, 0.1) is 42.2 Å². The van der Waals surface area contributed by atoms with Crippen LogP contribution in [-0.2, 0) is 23.8 Å². The molecular formula is C57H64F2N4O11. The Morgan fingerprint density at radius 3 is 2.04 bits per heavy atom. The molecule has 4 heterocycles. The van der Waals surface area contributed by atoms with Gasteiger partial charge >= 0.3 is 11.8 Å². The van der Waals surface area contributed by atoms with Gasteiger partial charge < -0.3 is 44.7 Å². The highest BCUT2D eigenvalue weighted by Gasteiger charge is 2.52. The van der Waals surface area contributed by atoms with Crippen molar-refractivity contribution in [2.45, 2.75) is 116 Å². The predicted octanol–water partition coefficient (Wildman–Crippen LogP) is 8.04. The summed E-state index contributed by atoms with van der Waals surface area (Å²) in [5, 5.41) is 50.5. The number of methoxy groups -OCH3 is 1. The summed E-state index contributed by atoms with van der Waals surface area (Å²) < 4.78 is 53.3. The molecule has 5 N–H and O–H groups in total. The van der Waals surface area contributed by atoms with Crippen molar-refractivity contribution < 1.29 is 62.5 Å². The Labute approximate surface area is 428 Å². The van der Waals surface area contributed by atoms with Crippen molar-refractivity contribution in [2.75, 3.05) is 19.0 Å². The van der Waals surface area contributed by atoms with Crippen LogP contribution in [0.25, 0.3) is 10.8 Å². The van der Waals surface area contributed by atoms with Crippen molar-refractivity contribution in [1.29, 1.82) is 0 Å². The summed E-state index contributed by atoms with van der Waals surface area (Å²) in [5.74, 6) is -8.74. The number of piperidine rings is 1. The number of likely N-dealkylation sites (tertiary alicyclic amines) is 1. The SMILES string of the molecule is C=CCN1[C@@H](c2ccc(F)cc2)CC2(C[C@H]1c1ccc(F)cc1)N=c1c3c(O)c4c(O)c(C)c5c(c4c1=N2)C(=O)[C@@](C)(O/C=C/[C@H](OC)[C@@H](C)[C@@H](OC(C)=O)[C@H](C)[C@H](O)[C@H](C)[C@@H](O)[C@@H](C)/C=C/C=C(/C)C(=O)N3)O5. The maximum Gasteiger partial charge on any atom is 0.312 e. The number of benzene rings is 4. The monoisotopic (exact) mass is 1020 g/mol. The van der Waals surface area contributed by atoms with Gasteiger partial charge in [0.2, 0.25) is 0 Å². The minimum Gasteiger partial charge on any atom is -0.507 e. The molecule has 15 nitrogen and oxygen atoms in total. The number of esters is 1. The second-order valence-electron chi connectivity index (χ2n) is 20.3. The lowest BCUT2D eigenvalue weighted by Crippen LogP contribution is -2.46. The van der Waals surface area contributed by atoms with Crippen molar-refractivity contribution in [1.82, 2.24) is 4.90 Å². The maximum atomic E-state index is 15.1. The van der Waals surface area contributed by atoms with Crippen LogP contribution in [0.4, 0.5) is 14.5 Å². The number of aromatic hydroxyl groups is 2. The van der Waals surface area contributed by atoms with Gasteiger partial charge in [-0.3, -0.25) is 29.3 Å². The first-order valence-electron chi connectivity index (χ1n) is 24.8. The predicted molar refractivity (Wildman–Crippen MR) is 272 cm³/mol. The number of phenols is 2. The van der Waals surface area contributed by atoms with Gasteiger partial charge in [0.05, 0.1) is 40.9 Å². The van der Waals surface area contributed by atoms with Crippen LogP contribution in [0.1, 0.15) is 100 Å². The molecule has 8 rings (SSSR count). The molecule has 4 aromatic carbocycles. The first-order chi connectivity index (χ1) is 35.0. The number of ketones is 1. The molecule has 1 amide bonds. The minimum absolute atomic E-state index is 0.000483. The quantitative estimate of drug-likeness (QED) is 0.0707. The van der Waals surface area contributed by atoms with E-state index >= 15 is 4.79 Å². The molecule has 4 aliphatic rings. The number of fused-ring (bicyclic) bond motifs is 1. The van der Waals surface area contributed by atoms with Crippen molar-refractivity contribution >= 4 is 34.1 Å². The van der Waals surface area contributed by atoms with E-state index in [-0.39, 0.29) is 62.5 Å². The normalized spacial score (nSPS) is 32.1. The molecule has 74 heavy (non-hydrogen) atoms. The number of nitrogens with one attached hydrogen (secondary N) is 1. The zero-order chi connectivity index (χ0) is 53.7. The molecule has 392 valence electrons. The number of carbonyl (C=O) groups is 3. The lowest BCUT2D eigenvalue weighted by molar-refractivity contribution is -0.160. The molecule has 0 radical (unpaired) electrons. The summed E-state index contributed by atoms with van der Waals surface area (Å²) >= 11 is 0. The topological polar surface area (TPSA) is 209 Å². The first kappa shape index (κ1) is 53.5. The molecule has 17 heteroatoms. The number of carbonyl (C=O) groups excluding carboxylic acids is 3. The zero-order valence-corrected chi connectivity index (χ0v) is 42.9. The van der Waals surface area contributed by atoms with E-state index in [1.165, 1.54) is 70.6 Å². The van der Waals surface area contributed by atoms with Gasteiger partial charge in [-0.15, -0.1) is 6.58 Å². The molecule has 4 bridgehead atoms. The standard InChI is InChI=1S/C57H64F2N4O11/c1-11-24-63-39(35-15-19-37(58)20-16-35)26-57(27-40(63)36-17-21-38(59)22-18-36)61-45-42-43-50(67)33(7)53-44(42)54(69)56(9,74-53)72-25-23-41(71-10)30(4)52(73-34(8)64)32(6)49(66)31(5)48(65)28(2)13-12-14-29(3)55(70)60-47(51(43)68)46(45)62-57/h11-23,25,28,30-32,39-41,48-49,52,65-68H,1,24,26-27H2,2-10H3,(H,60,70)/b13-12+,25-23+,29-14-/t28-,30+,31+,32+,39-,40+,41-,48-,49+,52+,56-,57?/m0/s1. The third-order valence-corrected chi connectivity index (χ3v) is 15.3. The number of amides is 1. The van der Waals surface area contributed by atoms with Gasteiger partial charge in [0.1, 0.15) is 40.3 Å². The lowest BCUT2D eigenvalue weighted by Gasteiger charge is -2.47. The van der Waals surface area contributed by atoms with Crippen LogP contribution in [0.5, 0.6) is 17.2 Å². The average molecular weight is 1020 g/mol. The van der Waals surface area contributed by atoms with Crippen LogP contribution >= 0.6 is 0 Å². The Kier molecular flexibility index (Phi) is 15.1. The van der Waals surface area contributed by atoms with E-state index in [4.69, 9.17) is 28.9 Å². The van der Waals surface area contributed by atoms with E-state index in [0.29, 0.717) is 17.7 Å². The Balaban J connectivity index is 1.36. The van der Waals surface area contributed by atoms with Gasteiger partial charge in [-0.2, -0.15) is 0 Å². The number of nitrogens with zero attached hydrogens (tertiary/aromatic N) is 3. The number of ether oxygens (including phenoxy) is 4. The number of aliphatic hydroxyl groups excluding tert-OH is 2. The smallest absolute Gasteiger partial charge is 0.312 e. The van der Waals surface area contributed by atoms with Crippen molar-refractivity contribution in [2.24, 2.45) is 33.7 Å². The third kappa shape index (κ3) is 9.73. The fourth-order valence-corrected chi connectivity index (χ4v) is 11.1. The van der Waals surface area contributed by atoms with Gasteiger partial charge in [-0.05, 0) is 55.3 Å². The fourth-order valence-electron chi connectivity index (χ4n) is 11.1. The van der Waals surface area contributed by atoms with Crippen molar-refractivity contribution in [3.05, 3.63) is 142 Å². The molecule has 4 aromatic rings. The van der Waals surface area contributed by atoms with Crippen LogP contribution in [0.15, 0.2) is 107 Å². The number of allylic oxidation sites excluding steroid dienone is 2. The summed E-state index contributed by atoms with van der Waals surface area (Å²) in [6, 6.07) is 11.0. The van der Waals surface area contributed by atoms with E-state index in [9.17, 15) is 38.8 Å². The average Bonchev–Trinajstić information content (AvgIpc) is 3.87. The number of phenolic OH excluding ortho intramolecular Hbond substituents is 2. The lowest BCUT2D eigenvalue weighted by atomic mass is 9.78. The number of anilines is 1. The maximum absolute atomic E-state index is 15.1. The van der Waals surface area contributed by atoms with Gasteiger partial charge in [0, 0.05) is 92.6 Å². The molecule has 0 saturated carbocycles. The van der Waals surface area contributed by atoms with E-state index in [1.807, 2.05) is 0 Å². The number of hydrogen-bond donors (Lipinski definition) is 5. The second kappa shape index (κ2) is 20.8. The Morgan fingerprint density at radius 2 is 1.47 bits per heavy atom. The number of hydrogen-bond acceptors (Lipinski definition) is 14. The molecule has 12 atom stereocenters. The van der Waals surface area contributed by atoms with E-state index in [1.54, 1.807) is 77.1 Å². The van der Waals surface area contributed by atoms with E-state index < -0.39 is 112 Å². The van der Waals surface area contributed by atoms with E-state index in [0.717, 1.165) is 0 Å². The van der Waals surface area contributed by atoms with Crippen LogP contribution < -0.4 is 20.8 Å². The highest BCUT2D eigenvalue weighted by Crippen LogP contribution is 2.52. The second-order valence-corrected chi connectivity index (χ2v) is 20.3. The molecule has 1 saturated heterocycles. The van der Waals surface area contributed by atoms with Gasteiger partial charge in [-0.25, -0.2) is 8.78 Å². The molecular weight excluding hydrogens is 955 g/mol. The van der Waals surface area contributed by atoms with Crippen molar-refractivity contribution in [3.8, 4) is 17.2 Å². The summed E-state index contributed by atoms with van der Waals surface area (Å²) in [7, 11) is 1.44. The van der Waals surface area contributed by atoms with E-state index in [2.05, 4.69) is 16.8 Å². The molecule has 1 unspecified atom stereocenters. The Morgan fingerprint density at radius 1 is 0.878 bits per heavy atom. The van der Waals surface area contributed by atoms with Crippen molar-refractivity contribution in [3.63, 3.8) is 0 Å². The number of rotatable bonds is 6. The highest BCUT2D eigenvalue weighted by atomic mass is 19.1. The van der Waals surface area contributed by atoms with Gasteiger partial charge in [-0.1, -0.05) is 76.3 Å². The molecule has 4 aliphatic heterocycles.